The average molecular weight is 472 g/mol. The molecule has 34 heavy (non-hydrogen) atoms. The van der Waals surface area contributed by atoms with Gasteiger partial charge in [0.2, 0.25) is 11.8 Å². The van der Waals surface area contributed by atoms with Crippen molar-refractivity contribution in [2.75, 3.05) is 0 Å². The number of nitrogens with one attached hydrogen (secondary N) is 2. The van der Waals surface area contributed by atoms with Gasteiger partial charge in [0.25, 0.3) is 0 Å². The number of alkyl carbamates (subject to hydrolysis) is 1. The van der Waals surface area contributed by atoms with Gasteiger partial charge in [0.15, 0.2) is 0 Å². The molecule has 0 aromatic heterocycles. The normalized spacial score (nSPS) is 31.4. The monoisotopic (exact) mass is 471 g/mol. The minimum Gasteiger partial charge on any atom is -0.444 e. The molecule has 0 heterocycles. The molecule has 8 heteroatoms. The lowest BCUT2D eigenvalue weighted by Gasteiger charge is -2.62. The molecule has 4 fully saturated rings. The molecule has 0 aliphatic heterocycles. The lowest BCUT2D eigenvalue weighted by atomic mass is 9.46. The fourth-order valence-corrected chi connectivity index (χ4v) is 6.94. The highest BCUT2D eigenvalue weighted by Gasteiger charge is 2.61. The van der Waals surface area contributed by atoms with Crippen LogP contribution in [-0.2, 0) is 14.3 Å². The Balaban J connectivity index is 1.63. The molecule has 4 saturated carbocycles. The summed E-state index contributed by atoms with van der Waals surface area (Å²) in [5.41, 5.74) is 4.16. The van der Waals surface area contributed by atoms with E-state index in [9.17, 15) is 19.5 Å². The van der Waals surface area contributed by atoms with Gasteiger partial charge in [-0.2, -0.15) is 0 Å². The standard InChI is InChI=1S/C26H37N3O5/c1-24(2,3)34-23(32)29-21(25-11-16-9-17(12-25)14-26(33,13-16)15-25)22(31)28-19(10-20(27)30)18-7-5-4-6-8-18/h4-8,16-17,19,21,33H,9-15H2,1-3H3,(H2,27,30)(H,28,31)(H,29,32)/t16?,17?,19-,21+,25?,26?/m0/s1. The van der Waals surface area contributed by atoms with Crippen LogP contribution in [0.15, 0.2) is 30.3 Å². The molecule has 4 atom stereocenters. The van der Waals surface area contributed by atoms with Gasteiger partial charge in [0.05, 0.1) is 18.1 Å². The molecule has 0 spiro atoms. The van der Waals surface area contributed by atoms with E-state index in [4.69, 9.17) is 10.5 Å². The van der Waals surface area contributed by atoms with Crippen molar-refractivity contribution in [1.82, 2.24) is 10.6 Å². The number of ether oxygens (including phenoxy) is 1. The zero-order valence-electron chi connectivity index (χ0n) is 20.3. The summed E-state index contributed by atoms with van der Waals surface area (Å²) in [5.74, 6) is -0.253. The predicted octanol–water partition coefficient (Wildman–Crippen LogP) is 2.94. The lowest BCUT2D eigenvalue weighted by Crippen LogP contribution is -2.66. The van der Waals surface area contributed by atoms with E-state index in [1.54, 1.807) is 20.8 Å². The van der Waals surface area contributed by atoms with Gasteiger partial charge in [0, 0.05) is 5.41 Å². The molecule has 186 valence electrons. The molecule has 4 bridgehead atoms. The first-order valence-corrected chi connectivity index (χ1v) is 12.2. The van der Waals surface area contributed by atoms with Crippen LogP contribution in [0.2, 0.25) is 0 Å². The molecule has 1 aromatic carbocycles. The largest absolute Gasteiger partial charge is 0.444 e. The van der Waals surface area contributed by atoms with Crippen LogP contribution < -0.4 is 16.4 Å². The molecule has 5 N–H and O–H groups in total. The van der Waals surface area contributed by atoms with Gasteiger partial charge in [-0.3, -0.25) is 9.59 Å². The van der Waals surface area contributed by atoms with Crippen LogP contribution in [0.3, 0.4) is 0 Å². The number of benzene rings is 1. The zero-order chi connectivity index (χ0) is 24.7. The molecule has 5 rings (SSSR count). The zero-order valence-corrected chi connectivity index (χ0v) is 20.3. The van der Waals surface area contributed by atoms with Gasteiger partial charge >= 0.3 is 6.09 Å². The number of carbonyl (C=O) groups is 3. The van der Waals surface area contributed by atoms with E-state index >= 15 is 0 Å². The summed E-state index contributed by atoms with van der Waals surface area (Å²) in [7, 11) is 0. The molecule has 4 aliphatic carbocycles. The van der Waals surface area contributed by atoms with Crippen molar-refractivity contribution in [3.8, 4) is 0 Å². The van der Waals surface area contributed by atoms with Gasteiger partial charge in [-0.15, -0.1) is 0 Å². The third kappa shape index (κ3) is 5.37. The summed E-state index contributed by atoms with van der Waals surface area (Å²) < 4.78 is 5.49. The van der Waals surface area contributed by atoms with E-state index < -0.39 is 40.7 Å². The maximum absolute atomic E-state index is 13.8. The Hall–Kier alpha value is -2.61. The fraction of sp³-hybridized carbons (Fsp3) is 0.654. The summed E-state index contributed by atoms with van der Waals surface area (Å²) in [6.45, 7) is 5.31. The summed E-state index contributed by atoms with van der Waals surface area (Å²) >= 11 is 0. The number of primary amides is 1. The number of hydrogen-bond donors (Lipinski definition) is 4. The summed E-state index contributed by atoms with van der Waals surface area (Å²) in [6.07, 6.45) is 3.84. The predicted molar refractivity (Wildman–Crippen MR) is 126 cm³/mol. The van der Waals surface area contributed by atoms with E-state index in [0.717, 1.165) is 37.7 Å². The van der Waals surface area contributed by atoms with E-state index in [2.05, 4.69) is 10.6 Å². The van der Waals surface area contributed by atoms with Crippen molar-refractivity contribution < 1.29 is 24.2 Å². The average Bonchev–Trinajstić information content (AvgIpc) is 2.68. The van der Waals surface area contributed by atoms with E-state index in [1.807, 2.05) is 30.3 Å². The quantitative estimate of drug-likeness (QED) is 0.486. The maximum Gasteiger partial charge on any atom is 0.408 e. The smallest absolute Gasteiger partial charge is 0.408 e. The SMILES string of the molecule is CC(C)(C)OC(=O)N[C@H](C(=O)N[C@@H](CC(N)=O)c1ccccc1)C12CC3CC(CC(O)(C3)C1)C2. The second-order valence-corrected chi connectivity index (χ2v) is 11.8. The number of aliphatic hydroxyl groups is 1. The van der Waals surface area contributed by atoms with Crippen molar-refractivity contribution in [1.29, 1.82) is 0 Å². The highest BCUT2D eigenvalue weighted by molar-refractivity contribution is 5.87. The van der Waals surface area contributed by atoms with E-state index in [-0.39, 0.29) is 12.3 Å². The van der Waals surface area contributed by atoms with Crippen LogP contribution in [-0.4, -0.2) is 40.3 Å². The van der Waals surface area contributed by atoms with E-state index in [1.165, 1.54) is 0 Å². The summed E-state index contributed by atoms with van der Waals surface area (Å²) in [5, 5.41) is 17.1. The Bertz CT molecular complexity index is 928. The van der Waals surface area contributed by atoms with Crippen molar-refractivity contribution in [2.24, 2.45) is 23.0 Å². The van der Waals surface area contributed by atoms with Crippen LogP contribution in [0, 0.1) is 17.3 Å². The second kappa shape index (κ2) is 8.87. The van der Waals surface area contributed by atoms with Crippen LogP contribution in [0.1, 0.15) is 77.3 Å². The fourth-order valence-electron chi connectivity index (χ4n) is 6.94. The van der Waals surface area contributed by atoms with Gasteiger partial charge in [0.1, 0.15) is 11.6 Å². The molecule has 2 unspecified atom stereocenters. The summed E-state index contributed by atoms with van der Waals surface area (Å²) in [4.78, 5) is 38.4. The minimum absolute atomic E-state index is 0.0584. The number of rotatable bonds is 7. The molecule has 1 aromatic rings. The molecule has 0 saturated heterocycles. The Labute approximate surface area is 201 Å². The molecule has 3 amide bonds. The minimum atomic E-state index is -0.890. The highest BCUT2D eigenvalue weighted by Crippen LogP contribution is 2.62. The van der Waals surface area contributed by atoms with Crippen molar-refractivity contribution >= 4 is 17.9 Å². The first-order valence-electron chi connectivity index (χ1n) is 12.2. The molecule has 8 nitrogen and oxygen atoms in total. The molecule has 4 aliphatic rings. The third-order valence-electron chi connectivity index (χ3n) is 7.53. The van der Waals surface area contributed by atoms with Crippen molar-refractivity contribution in [3.63, 3.8) is 0 Å². The van der Waals surface area contributed by atoms with Gasteiger partial charge in [-0.25, -0.2) is 4.79 Å². The van der Waals surface area contributed by atoms with Crippen LogP contribution in [0.5, 0.6) is 0 Å². The van der Waals surface area contributed by atoms with Crippen molar-refractivity contribution in [2.45, 2.75) is 89.0 Å². The number of hydrogen-bond acceptors (Lipinski definition) is 5. The van der Waals surface area contributed by atoms with Crippen LogP contribution in [0.4, 0.5) is 4.79 Å². The number of amides is 3. The topological polar surface area (TPSA) is 131 Å². The molecular weight excluding hydrogens is 434 g/mol. The van der Waals surface area contributed by atoms with Crippen LogP contribution in [0.25, 0.3) is 0 Å². The van der Waals surface area contributed by atoms with Gasteiger partial charge < -0.3 is 26.2 Å². The lowest BCUT2D eigenvalue weighted by molar-refractivity contribution is -0.177. The van der Waals surface area contributed by atoms with E-state index in [0.29, 0.717) is 18.3 Å². The third-order valence-corrected chi connectivity index (χ3v) is 7.53. The Morgan fingerprint density at radius 3 is 2.24 bits per heavy atom. The first-order chi connectivity index (χ1) is 15.9. The highest BCUT2D eigenvalue weighted by atomic mass is 16.6. The second-order valence-electron chi connectivity index (χ2n) is 11.8. The summed E-state index contributed by atoms with van der Waals surface area (Å²) in [6, 6.07) is 7.68. The Morgan fingerprint density at radius 2 is 1.71 bits per heavy atom. The molecular formula is C26H37N3O5. The Morgan fingerprint density at radius 1 is 1.09 bits per heavy atom. The Kier molecular flexibility index (Phi) is 6.40. The van der Waals surface area contributed by atoms with Gasteiger partial charge in [-0.1, -0.05) is 30.3 Å². The molecule has 0 radical (unpaired) electrons. The first kappa shape index (κ1) is 24.5. The van der Waals surface area contributed by atoms with Crippen LogP contribution >= 0.6 is 0 Å². The van der Waals surface area contributed by atoms with Gasteiger partial charge in [-0.05, 0) is 76.7 Å². The van der Waals surface area contributed by atoms with Crippen molar-refractivity contribution in [3.05, 3.63) is 35.9 Å². The number of nitrogens with two attached hydrogens (primary N) is 1. The number of carbonyl (C=O) groups excluding carboxylic acids is 3. The maximum atomic E-state index is 13.8.